The van der Waals surface area contributed by atoms with Gasteiger partial charge in [-0.15, -0.1) is 0 Å². The predicted molar refractivity (Wildman–Crippen MR) is 82.3 cm³/mol. The summed E-state index contributed by atoms with van der Waals surface area (Å²) in [6, 6.07) is 7.92. The van der Waals surface area contributed by atoms with Gasteiger partial charge in [0, 0.05) is 24.7 Å². The molecule has 0 aliphatic carbocycles. The molecule has 0 radical (unpaired) electrons. The molecule has 1 saturated heterocycles. The molecule has 1 aliphatic rings. The number of nitrogens with one attached hydrogen (secondary N) is 1. The second-order valence-corrected chi connectivity index (χ2v) is 6.69. The van der Waals surface area contributed by atoms with Gasteiger partial charge in [0.25, 0.3) is 0 Å². The normalized spacial score (nSPS) is 27.3. The maximum atomic E-state index is 6.20. The highest BCUT2D eigenvalue weighted by atomic mass is 16.5. The maximum Gasteiger partial charge on any atom is 0.120 e. The van der Waals surface area contributed by atoms with Crippen LogP contribution in [0, 0.1) is 0 Å². The highest BCUT2D eigenvalue weighted by Gasteiger charge is 2.56. The Balaban J connectivity index is 2.32. The van der Waals surface area contributed by atoms with E-state index < -0.39 is 0 Å². The molecular formula is C16H26N2O2. The number of methoxy groups -OCH3 is 1. The zero-order valence-electron chi connectivity index (χ0n) is 13.1. The third-order valence-corrected chi connectivity index (χ3v) is 4.21. The van der Waals surface area contributed by atoms with E-state index in [2.05, 4.69) is 33.0 Å². The Labute approximate surface area is 121 Å². The lowest BCUT2D eigenvalue weighted by Crippen LogP contribution is -2.57. The summed E-state index contributed by atoms with van der Waals surface area (Å²) in [5.41, 5.74) is 6.30. The van der Waals surface area contributed by atoms with E-state index in [4.69, 9.17) is 15.2 Å². The second kappa shape index (κ2) is 4.93. The predicted octanol–water partition coefficient (Wildman–Crippen LogP) is 2.78. The molecule has 1 aliphatic heterocycles. The Morgan fingerprint density at radius 2 is 2.00 bits per heavy atom. The summed E-state index contributed by atoms with van der Waals surface area (Å²) < 4.78 is 11.5. The summed E-state index contributed by atoms with van der Waals surface area (Å²) in [6.45, 7) is 8.93. The summed E-state index contributed by atoms with van der Waals surface area (Å²) in [6.07, 6.45) is 0.862. The first-order chi connectivity index (χ1) is 9.24. The molecule has 112 valence electrons. The van der Waals surface area contributed by atoms with Gasteiger partial charge in [0.15, 0.2) is 0 Å². The molecule has 0 spiro atoms. The van der Waals surface area contributed by atoms with Crippen molar-refractivity contribution in [2.24, 2.45) is 5.73 Å². The van der Waals surface area contributed by atoms with Gasteiger partial charge in [-0.25, -0.2) is 0 Å². The van der Waals surface area contributed by atoms with Gasteiger partial charge in [0.05, 0.1) is 23.9 Å². The first-order valence-electron chi connectivity index (χ1n) is 7.06. The van der Waals surface area contributed by atoms with E-state index in [1.807, 2.05) is 24.3 Å². The average molecular weight is 278 g/mol. The summed E-state index contributed by atoms with van der Waals surface area (Å²) >= 11 is 0. The van der Waals surface area contributed by atoms with Crippen LogP contribution in [0.4, 0.5) is 5.69 Å². The van der Waals surface area contributed by atoms with Crippen molar-refractivity contribution in [2.75, 3.05) is 19.0 Å². The summed E-state index contributed by atoms with van der Waals surface area (Å²) in [4.78, 5) is 0. The lowest BCUT2D eigenvalue weighted by Gasteiger charge is -2.40. The molecule has 0 bridgehead atoms. The number of hydrogen-bond acceptors (Lipinski definition) is 4. The lowest BCUT2D eigenvalue weighted by molar-refractivity contribution is -0.0753. The quantitative estimate of drug-likeness (QED) is 0.889. The molecule has 1 aromatic rings. The van der Waals surface area contributed by atoms with Crippen molar-refractivity contribution in [1.29, 1.82) is 0 Å². The second-order valence-electron chi connectivity index (χ2n) is 6.69. The topological polar surface area (TPSA) is 56.5 Å². The summed E-state index contributed by atoms with van der Waals surface area (Å²) in [5.74, 6) is 0.832. The molecule has 1 heterocycles. The van der Waals surface area contributed by atoms with Crippen molar-refractivity contribution in [3.8, 4) is 5.75 Å². The molecule has 1 atom stereocenters. The number of nitrogens with two attached hydrogens (primary N) is 1. The molecule has 0 aromatic heterocycles. The smallest absolute Gasteiger partial charge is 0.120 e. The third kappa shape index (κ3) is 2.63. The first kappa shape index (κ1) is 15.1. The number of rotatable bonds is 4. The highest BCUT2D eigenvalue weighted by Crippen LogP contribution is 2.46. The Bertz CT molecular complexity index is 485. The Morgan fingerprint density at radius 3 is 2.50 bits per heavy atom. The minimum Gasteiger partial charge on any atom is -0.497 e. The van der Waals surface area contributed by atoms with E-state index in [-0.39, 0.29) is 16.7 Å². The molecule has 20 heavy (non-hydrogen) atoms. The van der Waals surface area contributed by atoms with Crippen LogP contribution in [0.5, 0.6) is 5.75 Å². The molecule has 3 N–H and O–H groups in total. The van der Waals surface area contributed by atoms with Gasteiger partial charge in [-0.05, 0) is 39.8 Å². The van der Waals surface area contributed by atoms with Gasteiger partial charge in [-0.2, -0.15) is 0 Å². The van der Waals surface area contributed by atoms with Crippen LogP contribution in [-0.4, -0.2) is 30.4 Å². The van der Waals surface area contributed by atoms with Gasteiger partial charge in [-0.1, -0.05) is 6.07 Å². The van der Waals surface area contributed by atoms with Crippen molar-refractivity contribution in [2.45, 2.75) is 50.9 Å². The van der Waals surface area contributed by atoms with Crippen LogP contribution < -0.4 is 15.8 Å². The van der Waals surface area contributed by atoms with Gasteiger partial charge in [0.1, 0.15) is 5.75 Å². The number of benzene rings is 1. The van der Waals surface area contributed by atoms with E-state index in [0.29, 0.717) is 6.54 Å². The van der Waals surface area contributed by atoms with E-state index in [0.717, 1.165) is 17.9 Å². The van der Waals surface area contributed by atoms with Gasteiger partial charge in [-0.3, -0.25) is 0 Å². The number of hydrogen-bond donors (Lipinski definition) is 2. The number of ether oxygens (including phenoxy) is 2. The van der Waals surface area contributed by atoms with Crippen molar-refractivity contribution >= 4 is 5.69 Å². The van der Waals surface area contributed by atoms with E-state index >= 15 is 0 Å². The molecule has 0 amide bonds. The Hall–Kier alpha value is -1.26. The Kier molecular flexibility index (Phi) is 3.73. The average Bonchev–Trinajstić information content (AvgIpc) is 2.54. The van der Waals surface area contributed by atoms with Crippen LogP contribution in [0.2, 0.25) is 0 Å². The molecule has 4 heteroatoms. The Morgan fingerprint density at radius 1 is 1.30 bits per heavy atom. The van der Waals surface area contributed by atoms with Crippen molar-refractivity contribution in [3.63, 3.8) is 0 Å². The van der Waals surface area contributed by atoms with Crippen LogP contribution >= 0.6 is 0 Å². The van der Waals surface area contributed by atoms with Crippen LogP contribution in [-0.2, 0) is 4.74 Å². The molecule has 1 aromatic carbocycles. The van der Waals surface area contributed by atoms with Crippen molar-refractivity contribution < 1.29 is 9.47 Å². The summed E-state index contributed by atoms with van der Waals surface area (Å²) in [7, 11) is 1.67. The SMILES string of the molecule is COc1cccc(NC2(CN)CC(C)(C)OC2(C)C)c1. The van der Waals surface area contributed by atoms with Crippen molar-refractivity contribution in [1.82, 2.24) is 0 Å². The maximum absolute atomic E-state index is 6.20. The van der Waals surface area contributed by atoms with Crippen molar-refractivity contribution in [3.05, 3.63) is 24.3 Å². The van der Waals surface area contributed by atoms with Crippen LogP contribution in [0.3, 0.4) is 0 Å². The molecule has 0 saturated carbocycles. The molecule has 1 unspecified atom stereocenters. The molecule has 1 fully saturated rings. The largest absolute Gasteiger partial charge is 0.497 e. The van der Waals surface area contributed by atoms with Gasteiger partial charge in [0.2, 0.25) is 0 Å². The molecule has 2 rings (SSSR count). The monoisotopic (exact) mass is 278 g/mol. The van der Waals surface area contributed by atoms with Crippen LogP contribution in [0.25, 0.3) is 0 Å². The fraction of sp³-hybridized carbons (Fsp3) is 0.625. The van der Waals surface area contributed by atoms with Gasteiger partial charge >= 0.3 is 0 Å². The van der Waals surface area contributed by atoms with Gasteiger partial charge < -0.3 is 20.5 Å². The fourth-order valence-corrected chi connectivity index (χ4v) is 3.30. The number of anilines is 1. The zero-order chi connectivity index (χ0) is 15.0. The fourth-order valence-electron chi connectivity index (χ4n) is 3.30. The first-order valence-corrected chi connectivity index (χ1v) is 7.06. The molecular weight excluding hydrogens is 252 g/mol. The standard InChI is InChI=1S/C16H26N2O2/c1-14(2)10-16(11-17,15(3,4)20-14)18-12-7-6-8-13(9-12)19-5/h6-9,18H,10-11,17H2,1-5H3. The van der Waals surface area contributed by atoms with E-state index in [1.54, 1.807) is 7.11 Å². The highest BCUT2D eigenvalue weighted by molar-refractivity contribution is 5.51. The zero-order valence-corrected chi connectivity index (χ0v) is 13.1. The van der Waals surface area contributed by atoms with E-state index in [1.165, 1.54) is 0 Å². The molecule has 4 nitrogen and oxygen atoms in total. The van der Waals surface area contributed by atoms with Crippen LogP contribution in [0.1, 0.15) is 34.1 Å². The minimum absolute atomic E-state index is 0.186. The third-order valence-electron chi connectivity index (χ3n) is 4.21. The van der Waals surface area contributed by atoms with E-state index in [9.17, 15) is 0 Å². The summed E-state index contributed by atoms with van der Waals surface area (Å²) in [5, 5.41) is 3.59. The minimum atomic E-state index is -0.339. The lowest BCUT2D eigenvalue weighted by atomic mass is 9.78. The van der Waals surface area contributed by atoms with Crippen LogP contribution in [0.15, 0.2) is 24.3 Å².